The molecule has 3 N–H and O–H groups in total. The highest BCUT2D eigenvalue weighted by Gasteiger charge is 2.14. The van der Waals surface area contributed by atoms with Crippen LogP contribution in [0.2, 0.25) is 0 Å². The fourth-order valence-electron chi connectivity index (χ4n) is 2.60. The normalized spacial score (nSPS) is 11.8. The van der Waals surface area contributed by atoms with Crippen LogP contribution in [0.25, 0.3) is 0 Å². The second-order valence-corrected chi connectivity index (χ2v) is 7.38. The van der Waals surface area contributed by atoms with Crippen LogP contribution >= 0.6 is 0 Å². The van der Waals surface area contributed by atoms with Gasteiger partial charge >= 0.3 is 0 Å². The molecule has 152 valence electrons. The lowest BCUT2D eigenvalue weighted by molar-refractivity contribution is 0.129. The van der Waals surface area contributed by atoms with Gasteiger partial charge < -0.3 is 25.2 Å². The Morgan fingerprint density at radius 3 is 2.46 bits per heavy atom. The van der Waals surface area contributed by atoms with Gasteiger partial charge in [-0.2, -0.15) is 0 Å². The summed E-state index contributed by atoms with van der Waals surface area (Å²) >= 11 is 0. The first-order valence-electron chi connectivity index (χ1n) is 9.47. The molecule has 6 heteroatoms. The van der Waals surface area contributed by atoms with Gasteiger partial charge in [-0.15, -0.1) is 0 Å². The molecule has 0 bridgehead atoms. The molecule has 2 aromatic carbocycles. The van der Waals surface area contributed by atoms with Crippen LogP contribution in [0.15, 0.2) is 47.5 Å². The number of hydrogen-bond acceptors (Lipinski definition) is 4. The number of hydrogen-bond donors (Lipinski definition) is 3. The first-order valence-corrected chi connectivity index (χ1v) is 9.47. The Hall–Kier alpha value is -2.89. The molecular formula is C22H31N3O3. The molecule has 0 saturated carbocycles. The van der Waals surface area contributed by atoms with Gasteiger partial charge in [0.25, 0.3) is 0 Å². The van der Waals surface area contributed by atoms with Crippen molar-refractivity contribution in [3.05, 3.63) is 53.6 Å². The van der Waals surface area contributed by atoms with Crippen molar-refractivity contribution in [1.29, 1.82) is 0 Å². The lowest BCUT2D eigenvalue weighted by atomic mass is 10.1. The first kappa shape index (κ1) is 21.4. The fourth-order valence-corrected chi connectivity index (χ4v) is 2.60. The van der Waals surface area contributed by atoms with E-state index in [1.54, 1.807) is 12.1 Å². The van der Waals surface area contributed by atoms with Crippen molar-refractivity contribution in [3.8, 4) is 17.2 Å². The summed E-state index contributed by atoms with van der Waals surface area (Å²) in [6, 6.07) is 13.3. The number of aliphatic imine (C=N–C) groups is 1. The molecule has 0 fully saturated rings. The molecule has 2 aromatic rings. The highest BCUT2D eigenvalue weighted by Crippen LogP contribution is 2.26. The van der Waals surface area contributed by atoms with E-state index in [2.05, 4.69) is 15.6 Å². The van der Waals surface area contributed by atoms with Crippen molar-refractivity contribution in [3.63, 3.8) is 0 Å². The van der Waals surface area contributed by atoms with Crippen LogP contribution in [0.5, 0.6) is 17.2 Å². The molecule has 0 amide bonds. The quantitative estimate of drug-likeness (QED) is 0.499. The van der Waals surface area contributed by atoms with Gasteiger partial charge in [-0.3, -0.25) is 0 Å². The fraction of sp³-hybridized carbons (Fsp3) is 0.409. The maximum Gasteiger partial charge on any atom is 0.191 e. The third-order valence-corrected chi connectivity index (χ3v) is 3.84. The van der Waals surface area contributed by atoms with Gasteiger partial charge in [0.1, 0.15) is 11.4 Å². The molecular weight excluding hydrogens is 354 g/mol. The second-order valence-electron chi connectivity index (χ2n) is 7.38. The third-order valence-electron chi connectivity index (χ3n) is 3.84. The smallest absolute Gasteiger partial charge is 0.191 e. The van der Waals surface area contributed by atoms with Crippen molar-refractivity contribution in [2.45, 2.75) is 46.4 Å². The summed E-state index contributed by atoms with van der Waals surface area (Å²) < 4.78 is 11.1. The van der Waals surface area contributed by atoms with E-state index in [0.717, 1.165) is 23.4 Å². The average Bonchev–Trinajstić information content (AvgIpc) is 2.64. The topological polar surface area (TPSA) is 75.1 Å². The standard InChI is InChI=1S/C22H31N3O3/c1-6-23-21(24-14-16-11-12-20(27-5)18(26)13-16)25-15-17-9-7-8-10-19(17)28-22(2,3)4/h7-13,26H,6,14-15H2,1-5H3,(H2,23,24,25). The van der Waals surface area contributed by atoms with Gasteiger partial charge in [-0.1, -0.05) is 24.3 Å². The number of benzene rings is 2. The molecule has 6 nitrogen and oxygen atoms in total. The van der Waals surface area contributed by atoms with Crippen molar-refractivity contribution < 1.29 is 14.6 Å². The molecule has 0 unspecified atom stereocenters. The number of methoxy groups -OCH3 is 1. The van der Waals surface area contributed by atoms with E-state index < -0.39 is 0 Å². The zero-order valence-electron chi connectivity index (χ0n) is 17.4. The van der Waals surface area contributed by atoms with E-state index in [1.807, 2.05) is 58.0 Å². The Morgan fingerprint density at radius 2 is 1.82 bits per heavy atom. The predicted molar refractivity (Wildman–Crippen MR) is 113 cm³/mol. The van der Waals surface area contributed by atoms with E-state index in [4.69, 9.17) is 9.47 Å². The number of rotatable bonds is 7. The van der Waals surface area contributed by atoms with Crippen LogP contribution in [0, 0.1) is 0 Å². The lowest BCUT2D eigenvalue weighted by Gasteiger charge is -2.23. The largest absolute Gasteiger partial charge is 0.504 e. The van der Waals surface area contributed by atoms with Gasteiger partial charge in [-0.25, -0.2) is 4.99 Å². The molecule has 0 aliphatic carbocycles. The minimum Gasteiger partial charge on any atom is -0.504 e. The Labute approximate surface area is 167 Å². The van der Waals surface area contributed by atoms with Crippen LogP contribution in [-0.2, 0) is 13.1 Å². The number of aromatic hydroxyl groups is 1. The van der Waals surface area contributed by atoms with Crippen LogP contribution in [0.4, 0.5) is 0 Å². The molecule has 2 rings (SSSR count). The number of nitrogens with zero attached hydrogens (tertiary/aromatic N) is 1. The highest BCUT2D eigenvalue weighted by atomic mass is 16.5. The predicted octanol–water partition coefficient (Wildman–Crippen LogP) is 3.83. The summed E-state index contributed by atoms with van der Waals surface area (Å²) in [5, 5.41) is 16.5. The number of guanidine groups is 1. The summed E-state index contributed by atoms with van der Waals surface area (Å²) in [6.45, 7) is 9.90. The zero-order chi connectivity index (χ0) is 20.6. The number of para-hydroxylation sites is 1. The van der Waals surface area contributed by atoms with Gasteiger partial charge in [-0.05, 0) is 51.5 Å². The van der Waals surface area contributed by atoms with Crippen molar-refractivity contribution >= 4 is 5.96 Å². The maximum atomic E-state index is 9.92. The molecule has 0 aliphatic rings. The van der Waals surface area contributed by atoms with Crippen LogP contribution in [0.3, 0.4) is 0 Å². The number of ether oxygens (including phenoxy) is 2. The Bertz CT molecular complexity index is 798. The minimum atomic E-state index is -0.259. The molecule has 0 aliphatic heterocycles. The summed E-state index contributed by atoms with van der Waals surface area (Å²) in [7, 11) is 1.53. The molecule has 0 heterocycles. The number of phenols is 1. The highest BCUT2D eigenvalue weighted by molar-refractivity contribution is 5.79. The second kappa shape index (κ2) is 9.88. The SMILES string of the molecule is CCNC(=NCc1ccc(OC)c(O)c1)NCc1ccccc1OC(C)(C)C. The van der Waals surface area contributed by atoms with Gasteiger partial charge in [0.05, 0.1) is 13.7 Å². The molecule has 0 aromatic heterocycles. The average molecular weight is 386 g/mol. The number of nitrogens with one attached hydrogen (secondary N) is 2. The van der Waals surface area contributed by atoms with Gasteiger partial charge in [0.15, 0.2) is 17.5 Å². The maximum absolute atomic E-state index is 9.92. The monoisotopic (exact) mass is 385 g/mol. The minimum absolute atomic E-state index is 0.112. The van der Waals surface area contributed by atoms with Crippen molar-refractivity contribution in [1.82, 2.24) is 10.6 Å². The van der Waals surface area contributed by atoms with Crippen molar-refractivity contribution in [2.24, 2.45) is 4.99 Å². The van der Waals surface area contributed by atoms with Gasteiger partial charge in [0.2, 0.25) is 0 Å². The van der Waals surface area contributed by atoms with E-state index in [1.165, 1.54) is 7.11 Å². The van der Waals surface area contributed by atoms with E-state index in [9.17, 15) is 5.11 Å². The Kier molecular flexibility index (Phi) is 7.55. The summed E-state index contributed by atoms with van der Waals surface area (Å²) in [5.41, 5.74) is 1.70. The Balaban J connectivity index is 2.07. The summed E-state index contributed by atoms with van der Waals surface area (Å²) in [5.74, 6) is 2.12. The van der Waals surface area contributed by atoms with E-state index in [-0.39, 0.29) is 11.4 Å². The van der Waals surface area contributed by atoms with Crippen molar-refractivity contribution in [2.75, 3.05) is 13.7 Å². The molecule has 0 radical (unpaired) electrons. The molecule has 0 spiro atoms. The summed E-state index contributed by atoms with van der Waals surface area (Å²) in [4.78, 5) is 4.60. The third kappa shape index (κ3) is 6.68. The lowest BCUT2D eigenvalue weighted by Crippen LogP contribution is -2.37. The first-order chi connectivity index (χ1) is 13.3. The van der Waals surface area contributed by atoms with E-state index in [0.29, 0.717) is 24.8 Å². The summed E-state index contributed by atoms with van der Waals surface area (Å²) in [6.07, 6.45) is 0. The Morgan fingerprint density at radius 1 is 1.07 bits per heavy atom. The van der Waals surface area contributed by atoms with Gasteiger partial charge in [0, 0.05) is 18.7 Å². The van der Waals surface area contributed by atoms with Crippen LogP contribution in [0.1, 0.15) is 38.8 Å². The number of phenolic OH excluding ortho intramolecular Hbond substituents is 1. The zero-order valence-corrected chi connectivity index (χ0v) is 17.4. The molecule has 0 saturated heterocycles. The van der Waals surface area contributed by atoms with Crippen LogP contribution in [-0.4, -0.2) is 30.3 Å². The van der Waals surface area contributed by atoms with E-state index >= 15 is 0 Å². The molecule has 28 heavy (non-hydrogen) atoms. The molecule has 0 atom stereocenters. The van der Waals surface area contributed by atoms with Crippen LogP contribution < -0.4 is 20.1 Å².